The smallest absolute Gasteiger partial charge is 0.162 e. The van der Waals surface area contributed by atoms with Crippen LogP contribution in [0.15, 0.2) is 22.8 Å². The molecule has 0 spiro atoms. The SMILES string of the molecule is CC1CC[C@H]2CCCC3C2[C@@H](O1)O[C@@H](c1ccco1)[C@@H]3C. The van der Waals surface area contributed by atoms with Crippen molar-refractivity contribution in [2.75, 3.05) is 0 Å². The Morgan fingerprint density at radius 3 is 2.76 bits per heavy atom. The van der Waals surface area contributed by atoms with Gasteiger partial charge in [0, 0.05) is 5.92 Å². The summed E-state index contributed by atoms with van der Waals surface area (Å²) in [7, 11) is 0. The maximum atomic E-state index is 6.42. The molecule has 116 valence electrons. The normalized spacial score (nSPS) is 46.7. The molecule has 1 aliphatic carbocycles. The Morgan fingerprint density at radius 1 is 1.05 bits per heavy atom. The fourth-order valence-corrected chi connectivity index (χ4v) is 4.96. The van der Waals surface area contributed by atoms with Gasteiger partial charge >= 0.3 is 0 Å². The fourth-order valence-electron chi connectivity index (χ4n) is 4.96. The molecule has 0 amide bonds. The first kappa shape index (κ1) is 13.8. The molecule has 3 fully saturated rings. The molecule has 1 aromatic heterocycles. The van der Waals surface area contributed by atoms with Crippen molar-refractivity contribution in [3.8, 4) is 0 Å². The average molecular weight is 290 g/mol. The lowest BCUT2D eigenvalue weighted by Gasteiger charge is -2.50. The number of ether oxygens (including phenoxy) is 2. The predicted molar refractivity (Wildman–Crippen MR) is 79.6 cm³/mol. The summed E-state index contributed by atoms with van der Waals surface area (Å²) in [6.45, 7) is 4.53. The van der Waals surface area contributed by atoms with Crippen molar-refractivity contribution in [2.45, 2.75) is 64.4 Å². The van der Waals surface area contributed by atoms with Gasteiger partial charge in [-0.25, -0.2) is 0 Å². The molecule has 2 aliphatic heterocycles. The third kappa shape index (κ3) is 2.35. The van der Waals surface area contributed by atoms with Gasteiger partial charge in [0.15, 0.2) is 6.29 Å². The predicted octanol–water partition coefficient (Wildman–Crippen LogP) is 4.54. The van der Waals surface area contributed by atoms with Crippen molar-refractivity contribution in [1.82, 2.24) is 0 Å². The molecule has 0 bridgehead atoms. The number of furan rings is 1. The van der Waals surface area contributed by atoms with Crippen molar-refractivity contribution in [3.05, 3.63) is 24.2 Å². The number of hydrogen-bond donors (Lipinski definition) is 0. The summed E-state index contributed by atoms with van der Waals surface area (Å²) in [5, 5.41) is 0. The summed E-state index contributed by atoms with van der Waals surface area (Å²) >= 11 is 0. The lowest BCUT2D eigenvalue weighted by Crippen LogP contribution is -2.48. The Hall–Kier alpha value is -0.800. The van der Waals surface area contributed by atoms with Crippen LogP contribution >= 0.6 is 0 Å². The minimum Gasteiger partial charge on any atom is -0.467 e. The molecule has 0 aromatic carbocycles. The topological polar surface area (TPSA) is 31.6 Å². The maximum Gasteiger partial charge on any atom is 0.162 e. The highest BCUT2D eigenvalue weighted by Crippen LogP contribution is 2.53. The molecule has 1 aromatic rings. The van der Waals surface area contributed by atoms with Gasteiger partial charge < -0.3 is 13.9 Å². The standard InChI is InChI=1S/C18H26O3/c1-11-8-9-13-5-3-6-14-12(2)17(15-7-4-10-19-15)21-18(20-11)16(13)14/h4,7,10-14,16-18H,3,5-6,8-9H2,1-2H3/t11?,12-,13-,14?,16?,17-,18+/m1/s1. The molecule has 21 heavy (non-hydrogen) atoms. The monoisotopic (exact) mass is 290 g/mol. The zero-order chi connectivity index (χ0) is 14.4. The number of rotatable bonds is 1. The molecule has 0 N–H and O–H groups in total. The lowest BCUT2D eigenvalue weighted by atomic mass is 9.63. The quantitative estimate of drug-likeness (QED) is 0.760. The van der Waals surface area contributed by atoms with E-state index in [1.807, 2.05) is 12.1 Å². The van der Waals surface area contributed by atoms with Gasteiger partial charge in [0.25, 0.3) is 0 Å². The summed E-state index contributed by atoms with van der Waals surface area (Å²) in [4.78, 5) is 0. The Labute approximate surface area is 127 Å². The largest absolute Gasteiger partial charge is 0.467 e. The van der Waals surface area contributed by atoms with Crippen LogP contribution in [0.25, 0.3) is 0 Å². The Bertz CT molecular complexity index is 469. The molecule has 0 radical (unpaired) electrons. The van der Waals surface area contributed by atoms with Crippen LogP contribution in [0.1, 0.15) is 57.8 Å². The van der Waals surface area contributed by atoms with Crippen molar-refractivity contribution in [2.24, 2.45) is 23.7 Å². The summed E-state index contributed by atoms with van der Waals surface area (Å²) in [5.41, 5.74) is 0. The van der Waals surface area contributed by atoms with Crippen molar-refractivity contribution in [1.29, 1.82) is 0 Å². The third-order valence-electron chi connectivity index (χ3n) is 6.03. The molecule has 3 heteroatoms. The van der Waals surface area contributed by atoms with Crippen LogP contribution < -0.4 is 0 Å². The zero-order valence-corrected chi connectivity index (χ0v) is 13.0. The lowest BCUT2D eigenvalue weighted by molar-refractivity contribution is -0.279. The van der Waals surface area contributed by atoms with Crippen molar-refractivity contribution in [3.63, 3.8) is 0 Å². The second-order valence-corrected chi connectivity index (χ2v) is 7.26. The van der Waals surface area contributed by atoms with Gasteiger partial charge in [-0.3, -0.25) is 0 Å². The zero-order valence-electron chi connectivity index (χ0n) is 13.0. The first-order valence-electron chi connectivity index (χ1n) is 8.58. The van der Waals surface area contributed by atoms with Gasteiger partial charge in [-0.15, -0.1) is 0 Å². The van der Waals surface area contributed by atoms with Crippen LogP contribution in [0.2, 0.25) is 0 Å². The van der Waals surface area contributed by atoms with Gasteiger partial charge in [-0.2, -0.15) is 0 Å². The molecule has 2 saturated heterocycles. The Morgan fingerprint density at radius 2 is 1.95 bits per heavy atom. The highest BCUT2D eigenvalue weighted by molar-refractivity contribution is 5.07. The van der Waals surface area contributed by atoms with Gasteiger partial charge in [-0.1, -0.05) is 13.3 Å². The van der Waals surface area contributed by atoms with Crippen LogP contribution in [-0.4, -0.2) is 12.4 Å². The van der Waals surface area contributed by atoms with E-state index < -0.39 is 0 Å². The van der Waals surface area contributed by atoms with Crippen molar-refractivity contribution >= 4 is 0 Å². The van der Waals surface area contributed by atoms with E-state index in [4.69, 9.17) is 13.9 Å². The first-order valence-corrected chi connectivity index (χ1v) is 8.58. The molecule has 7 atom stereocenters. The number of hydrogen-bond acceptors (Lipinski definition) is 3. The van der Waals surface area contributed by atoms with Crippen LogP contribution in [0.4, 0.5) is 0 Å². The van der Waals surface area contributed by atoms with Crippen LogP contribution in [-0.2, 0) is 9.47 Å². The summed E-state index contributed by atoms with van der Waals surface area (Å²) < 4.78 is 18.3. The molecule has 3 aliphatic rings. The van der Waals surface area contributed by atoms with Gasteiger partial charge in [-0.05, 0) is 62.5 Å². The van der Waals surface area contributed by atoms with Gasteiger partial charge in [0.1, 0.15) is 11.9 Å². The van der Waals surface area contributed by atoms with E-state index in [2.05, 4.69) is 13.8 Å². The van der Waals surface area contributed by atoms with E-state index in [1.54, 1.807) is 6.26 Å². The molecular formula is C18H26O3. The minimum atomic E-state index is -0.0379. The fraction of sp³-hybridized carbons (Fsp3) is 0.778. The van der Waals surface area contributed by atoms with Crippen LogP contribution in [0, 0.1) is 23.7 Å². The van der Waals surface area contributed by atoms with Gasteiger partial charge in [0.05, 0.1) is 12.4 Å². The van der Waals surface area contributed by atoms with E-state index in [0.717, 1.165) is 11.7 Å². The van der Waals surface area contributed by atoms with E-state index in [-0.39, 0.29) is 12.4 Å². The molecule has 4 rings (SSSR count). The van der Waals surface area contributed by atoms with Crippen LogP contribution in [0.3, 0.4) is 0 Å². The third-order valence-corrected chi connectivity index (χ3v) is 6.03. The van der Waals surface area contributed by atoms with Crippen LogP contribution in [0.5, 0.6) is 0 Å². The van der Waals surface area contributed by atoms with Crippen molar-refractivity contribution < 1.29 is 13.9 Å². The molecular weight excluding hydrogens is 264 g/mol. The second-order valence-electron chi connectivity index (χ2n) is 7.26. The highest BCUT2D eigenvalue weighted by Gasteiger charge is 2.51. The summed E-state index contributed by atoms with van der Waals surface area (Å²) in [6, 6.07) is 4.00. The Balaban J connectivity index is 1.66. The molecule has 1 saturated carbocycles. The Kier molecular flexibility index (Phi) is 3.58. The second kappa shape index (κ2) is 5.44. The minimum absolute atomic E-state index is 0.0379. The van der Waals surface area contributed by atoms with E-state index >= 15 is 0 Å². The average Bonchev–Trinajstić information content (AvgIpc) is 2.96. The van der Waals surface area contributed by atoms with E-state index in [1.165, 1.54) is 32.1 Å². The molecule has 3 heterocycles. The molecule has 3 unspecified atom stereocenters. The molecule has 3 nitrogen and oxygen atoms in total. The first-order chi connectivity index (χ1) is 10.2. The maximum absolute atomic E-state index is 6.42. The van der Waals surface area contributed by atoms with Gasteiger partial charge in [0.2, 0.25) is 0 Å². The van der Waals surface area contributed by atoms with E-state index in [9.17, 15) is 0 Å². The summed E-state index contributed by atoms with van der Waals surface area (Å²) in [5.74, 6) is 3.56. The highest BCUT2D eigenvalue weighted by atomic mass is 16.7. The van der Waals surface area contributed by atoms with E-state index in [0.29, 0.717) is 23.9 Å². The summed E-state index contributed by atoms with van der Waals surface area (Å²) in [6.07, 6.45) is 8.59.